The van der Waals surface area contributed by atoms with E-state index in [-0.39, 0.29) is 13.2 Å². The van der Waals surface area contributed by atoms with Crippen LogP contribution in [0.1, 0.15) is 6.92 Å². The minimum absolute atomic E-state index is 0.182. The van der Waals surface area contributed by atoms with E-state index >= 15 is 0 Å². The van der Waals surface area contributed by atoms with Crippen molar-refractivity contribution in [2.24, 2.45) is 0 Å². The zero-order chi connectivity index (χ0) is 16.5. The molecule has 22 heavy (non-hydrogen) atoms. The number of carbonyl (C=O) groups excluding carboxylic acids is 1. The van der Waals surface area contributed by atoms with Crippen LogP contribution >= 0.6 is 0 Å². The number of carboxylic acid groups (broad SMARTS) is 1. The van der Waals surface area contributed by atoms with Gasteiger partial charge in [0, 0.05) is 0 Å². The summed E-state index contributed by atoms with van der Waals surface area (Å²) in [4.78, 5) is 23.0. The molecular weight excluding hydrogens is 293 g/mol. The summed E-state index contributed by atoms with van der Waals surface area (Å²) in [6.45, 7) is 4.90. The molecule has 0 bridgehead atoms. The van der Waals surface area contributed by atoms with E-state index in [1.165, 1.54) is 37.3 Å². The van der Waals surface area contributed by atoms with Crippen LogP contribution in [0.25, 0.3) is 0 Å². The Balaban J connectivity index is 2.54. The topological polar surface area (TPSA) is 84.9 Å². The molecule has 0 spiro atoms. The standard InChI is InChI=1S/C15H18FNO5/c1-3-8-21-9-13(15(19)20)17-14(18)10(2)22-12-6-4-11(16)5-7-12/h3-7,10,13H,1,8-9H2,2H3,(H,17,18)(H,19,20). The van der Waals surface area contributed by atoms with Gasteiger partial charge in [-0.3, -0.25) is 4.79 Å². The van der Waals surface area contributed by atoms with Crippen molar-refractivity contribution in [3.63, 3.8) is 0 Å². The molecule has 1 amide bonds. The van der Waals surface area contributed by atoms with Crippen LogP contribution < -0.4 is 10.1 Å². The molecule has 7 heteroatoms. The molecule has 0 saturated carbocycles. The number of carboxylic acids is 1. The van der Waals surface area contributed by atoms with Crippen LogP contribution in [0, 0.1) is 5.82 Å². The number of benzene rings is 1. The second kappa shape index (κ2) is 8.78. The fourth-order valence-corrected chi connectivity index (χ4v) is 1.50. The van der Waals surface area contributed by atoms with Gasteiger partial charge in [-0.15, -0.1) is 6.58 Å². The number of hydrogen-bond acceptors (Lipinski definition) is 4. The molecule has 0 aliphatic rings. The first-order valence-electron chi connectivity index (χ1n) is 6.58. The summed E-state index contributed by atoms with van der Waals surface area (Å²) in [5, 5.41) is 11.3. The number of hydrogen-bond donors (Lipinski definition) is 2. The van der Waals surface area contributed by atoms with Gasteiger partial charge in [0.15, 0.2) is 12.1 Å². The van der Waals surface area contributed by atoms with E-state index in [1.54, 1.807) is 0 Å². The van der Waals surface area contributed by atoms with E-state index in [1.807, 2.05) is 0 Å². The molecule has 0 aromatic heterocycles. The van der Waals surface area contributed by atoms with Gasteiger partial charge in [-0.1, -0.05) is 6.08 Å². The number of nitrogens with one attached hydrogen (secondary N) is 1. The van der Waals surface area contributed by atoms with Gasteiger partial charge >= 0.3 is 5.97 Å². The van der Waals surface area contributed by atoms with Crippen LogP contribution in [0.5, 0.6) is 5.75 Å². The maximum absolute atomic E-state index is 12.8. The lowest BCUT2D eigenvalue weighted by Gasteiger charge is -2.18. The molecular formula is C15H18FNO5. The molecule has 0 radical (unpaired) electrons. The van der Waals surface area contributed by atoms with Crippen molar-refractivity contribution in [3.8, 4) is 5.75 Å². The number of carbonyl (C=O) groups is 2. The van der Waals surface area contributed by atoms with Gasteiger partial charge in [0.25, 0.3) is 5.91 Å². The summed E-state index contributed by atoms with van der Waals surface area (Å²) in [5.41, 5.74) is 0. The minimum Gasteiger partial charge on any atom is -0.481 e. The fourth-order valence-electron chi connectivity index (χ4n) is 1.50. The van der Waals surface area contributed by atoms with Crippen molar-refractivity contribution in [1.82, 2.24) is 5.32 Å². The molecule has 2 N–H and O–H groups in total. The highest BCUT2D eigenvalue weighted by molar-refractivity contribution is 5.86. The lowest BCUT2D eigenvalue weighted by atomic mass is 10.2. The first kappa shape index (κ1) is 17.6. The van der Waals surface area contributed by atoms with Crippen molar-refractivity contribution in [3.05, 3.63) is 42.7 Å². The molecule has 1 aromatic rings. The molecule has 1 rings (SSSR count). The predicted molar refractivity (Wildman–Crippen MR) is 77.1 cm³/mol. The maximum atomic E-state index is 12.8. The van der Waals surface area contributed by atoms with Crippen LogP contribution in [0.4, 0.5) is 4.39 Å². The molecule has 0 heterocycles. The quantitative estimate of drug-likeness (QED) is 0.531. The summed E-state index contributed by atoms with van der Waals surface area (Å²) >= 11 is 0. The third kappa shape index (κ3) is 5.92. The third-order valence-corrected chi connectivity index (χ3v) is 2.63. The van der Waals surface area contributed by atoms with E-state index < -0.39 is 29.8 Å². The van der Waals surface area contributed by atoms with E-state index in [2.05, 4.69) is 11.9 Å². The SMILES string of the molecule is C=CCOCC(NC(=O)C(C)Oc1ccc(F)cc1)C(=O)O. The molecule has 0 saturated heterocycles. The molecule has 6 nitrogen and oxygen atoms in total. The zero-order valence-electron chi connectivity index (χ0n) is 12.1. The number of amides is 1. The number of ether oxygens (including phenoxy) is 2. The second-order valence-electron chi connectivity index (χ2n) is 4.44. The van der Waals surface area contributed by atoms with Gasteiger partial charge in [-0.25, -0.2) is 9.18 Å². The number of halogens is 1. The summed E-state index contributed by atoms with van der Waals surface area (Å²) in [6, 6.07) is 3.96. The predicted octanol–water partition coefficient (Wildman–Crippen LogP) is 1.36. The Morgan fingerprint density at radius 3 is 2.59 bits per heavy atom. The lowest BCUT2D eigenvalue weighted by molar-refractivity contribution is -0.144. The van der Waals surface area contributed by atoms with Crippen LogP contribution in [0.3, 0.4) is 0 Å². The Morgan fingerprint density at radius 1 is 1.41 bits per heavy atom. The van der Waals surface area contributed by atoms with E-state index in [0.717, 1.165) is 0 Å². The molecule has 120 valence electrons. The molecule has 1 aromatic carbocycles. The summed E-state index contributed by atoms with van der Waals surface area (Å²) < 4.78 is 23.1. The molecule has 0 aliphatic heterocycles. The highest BCUT2D eigenvalue weighted by atomic mass is 19.1. The molecule has 0 fully saturated rings. The van der Waals surface area contributed by atoms with Gasteiger partial charge in [0.1, 0.15) is 11.6 Å². The smallest absolute Gasteiger partial charge is 0.328 e. The van der Waals surface area contributed by atoms with Gasteiger partial charge in [0.05, 0.1) is 13.2 Å². The molecule has 2 atom stereocenters. The first-order chi connectivity index (χ1) is 10.4. The summed E-state index contributed by atoms with van der Waals surface area (Å²) in [7, 11) is 0. The second-order valence-corrected chi connectivity index (χ2v) is 4.44. The fraction of sp³-hybridized carbons (Fsp3) is 0.333. The molecule has 0 aliphatic carbocycles. The Kier molecular flexibility index (Phi) is 7.04. The van der Waals surface area contributed by atoms with Gasteiger partial charge in [-0.2, -0.15) is 0 Å². The Labute approximate surface area is 127 Å². The van der Waals surface area contributed by atoms with Crippen molar-refractivity contribution in [2.45, 2.75) is 19.1 Å². The average molecular weight is 311 g/mol. The van der Waals surface area contributed by atoms with Gasteiger partial charge < -0.3 is 19.9 Å². The Bertz CT molecular complexity index is 517. The maximum Gasteiger partial charge on any atom is 0.328 e. The molecule has 2 unspecified atom stereocenters. The van der Waals surface area contributed by atoms with Gasteiger partial charge in [-0.05, 0) is 31.2 Å². The summed E-state index contributed by atoms with van der Waals surface area (Å²) in [6.07, 6.45) is 0.535. The Morgan fingerprint density at radius 2 is 2.05 bits per heavy atom. The van der Waals surface area contributed by atoms with Crippen LogP contribution in [-0.2, 0) is 14.3 Å². The average Bonchev–Trinajstić information content (AvgIpc) is 2.48. The van der Waals surface area contributed by atoms with E-state index in [4.69, 9.17) is 14.6 Å². The van der Waals surface area contributed by atoms with Crippen LogP contribution in [0.2, 0.25) is 0 Å². The highest BCUT2D eigenvalue weighted by Crippen LogP contribution is 2.13. The van der Waals surface area contributed by atoms with Crippen LogP contribution in [0.15, 0.2) is 36.9 Å². The number of rotatable bonds is 9. The lowest BCUT2D eigenvalue weighted by Crippen LogP contribution is -2.48. The first-order valence-corrected chi connectivity index (χ1v) is 6.58. The van der Waals surface area contributed by atoms with Crippen LogP contribution in [-0.4, -0.2) is 42.3 Å². The normalized spacial score (nSPS) is 13.0. The highest BCUT2D eigenvalue weighted by Gasteiger charge is 2.24. The summed E-state index contributed by atoms with van der Waals surface area (Å²) in [5.74, 6) is -1.95. The van der Waals surface area contributed by atoms with Crippen molar-refractivity contribution < 1.29 is 28.6 Å². The van der Waals surface area contributed by atoms with E-state index in [0.29, 0.717) is 5.75 Å². The van der Waals surface area contributed by atoms with Gasteiger partial charge in [0.2, 0.25) is 0 Å². The zero-order valence-corrected chi connectivity index (χ0v) is 12.1. The van der Waals surface area contributed by atoms with Crippen molar-refractivity contribution in [1.29, 1.82) is 0 Å². The minimum atomic E-state index is -1.22. The monoisotopic (exact) mass is 311 g/mol. The largest absolute Gasteiger partial charge is 0.481 e. The van der Waals surface area contributed by atoms with Crippen molar-refractivity contribution >= 4 is 11.9 Å². The Hall–Kier alpha value is -2.41. The number of aliphatic carboxylic acids is 1. The third-order valence-electron chi connectivity index (χ3n) is 2.63. The van der Waals surface area contributed by atoms with Crippen molar-refractivity contribution in [2.75, 3.05) is 13.2 Å². The van der Waals surface area contributed by atoms with E-state index in [9.17, 15) is 14.0 Å².